The molecule has 0 unspecified atom stereocenters. The highest BCUT2D eigenvalue weighted by Gasteiger charge is 2.26. The summed E-state index contributed by atoms with van der Waals surface area (Å²) in [6.45, 7) is 1.46. The number of amides is 1. The van der Waals surface area contributed by atoms with E-state index in [2.05, 4.69) is 12.3 Å². The summed E-state index contributed by atoms with van der Waals surface area (Å²) in [5.41, 5.74) is 3.42. The SMILES string of the molecule is C=CC(N)=O.CN(C)C.OCC(CO)(CO)CO. The van der Waals surface area contributed by atoms with Crippen molar-refractivity contribution in [2.24, 2.45) is 11.1 Å². The fourth-order valence-corrected chi connectivity index (χ4v) is 0.300. The van der Waals surface area contributed by atoms with Gasteiger partial charge in [-0.05, 0) is 27.2 Å². The van der Waals surface area contributed by atoms with Crippen LogP contribution < -0.4 is 5.73 Å². The number of primary amides is 1. The lowest BCUT2D eigenvalue weighted by Gasteiger charge is -2.23. The maximum absolute atomic E-state index is 9.47. The smallest absolute Gasteiger partial charge is 0.240 e. The van der Waals surface area contributed by atoms with Gasteiger partial charge in [-0.3, -0.25) is 4.79 Å². The number of aliphatic hydroxyl groups is 4. The van der Waals surface area contributed by atoms with Crippen LogP contribution in [-0.2, 0) is 4.79 Å². The Balaban J connectivity index is -0.000000212. The molecule has 0 aliphatic carbocycles. The molecule has 18 heavy (non-hydrogen) atoms. The lowest BCUT2D eigenvalue weighted by Crippen LogP contribution is -2.37. The van der Waals surface area contributed by atoms with Crippen molar-refractivity contribution in [3.8, 4) is 0 Å². The number of hydrogen-bond acceptors (Lipinski definition) is 6. The Morgan fingerprint density at radius 2 is 1.28 bits per heavy atom. The van der Waals surface area contributed by atoms with Gasteiger partial charge in [0.2, 0.25) is 5.91 Å². The Bertz CT molecular complexity index is 185. The second kappa shape index (κ2) is 14.1. The van der Waals surface area contributed by atoms with Crippen LogP contribution in [0.2, 0.25) is 0 Å². The van der Waals surface area contributed by atoms with Crippen LogP contribution in [0.1, 0.15) is 0 Å². The zero-order chi connectivity index (χ0) is 15.2. The van der Waals surface area contributed by atoms with Crippen LogP contribution in [0.4, 0.5) is 0 Å². The summed E-state index contributed by atoms with van der Waals surface area (Å²) in [5, 5.41) is 34.0. The predicted octanol–water partition coefficient (Wildman–Crippen LogP) is -2.22. The number of hydrogen-bond donors (Lipinski definition) is 5. The molecule has 0 aromatic heterocycles. The van der Waals surface area contributed by atoms with Crippen LogP contribution in [-0.4, -0.2) is 78.8 Å². The molecule has 6 N–H and O–H groups in total. The quantitative estimate of drug-likeness (QED) is 0.359. The summed E-state index contributed by atoms with van der Waals surface area (Å²) in [5.74, 6) is -0.481. The molecule has 1 amide bonds. The number of nitrogens with two attached hydrogens (primary N) is 1. The van der Waals surface area contributed by atoms with Crippen molar-refractivity contribution in [1.82, 2.24) is 4.90 Å². The van der Waals surface area contributed by atoms with Crippen molar-refractivity contribution >= 4 is 5.91 Å². The average molecular weight is 266 g/mol. The van der Waals surface area contributed by atoms with Gasteiger partial charge in [0, 0.05) is 0 Å². The summed E-state index contributed by atoms with van der Waals surface area (Å²) in [6, 6.07) is 0. The number of rotatable bonds is 5. The number of carbonyl (C=O) groups excluding carboxylic acids is 1. The van der Waals surface area contributed by atoms with Crippen molar-refractivity contribution < 1.29 is 25.2 Å². The molecule has 0 rings (SSSR count). The van der Waals surface area contributed by atoms with E-state index in [0.717, 1.165) is 6.08 Å². The minimum Gasteiger partial charge on any atom is -0.396 e. The number of aliphatic hydroxyl groups excluding tert-OH is 4. The summed E-state index contributed by atoms with van der Waals surface area (Å²) in [4.78, 5) is 11.5. The molecule has 0 radical (unpaired) electrons. The Hall–Kier alpha value is -0.990. The molecule has 0 spiro atoms. The van der Waals surface area contributed by atoms with Crippen molar-refractivity contribution in [1.29, 1.82) is 0 Å². The third-order valence-electron chi connectivity index (χ3n) is 1.54. The topological polar surface area (TPSA) is 127 Å². The first-order chi connectivity index (χ1) is 8.24. The second-order valence-corrected chi connectivity index (χ2v) is 4.08. The van der Waals surface area contributed by atoms with Crippen LogP contribution in [0.15, 0.2) is 12.7 Å². The van der Waals surface area contributed by atoms with Crippen LogP contribution in [0.3, 0.4) is 0 Å². The van der Waals surface area contributed by atoms with Crippen LogP contribution in [0.25, 0.3) is 0 Å². The van der Waals surface area contributed by atoms with Crippen molar-refractivity contribution in [2.45, 2.75) is 0 Å². The lowest BCUT2D eigenvalue weighted by molar-refractivity contribution is -0.113. The predicted molar refractivity (Wildman–Crippen MR) is 69.8 cm³/mol. The monoisotopic (exact) mass is 266 g/mol. The van der Waals surface area contributed by atoms with E-state index in [1.54, 1.807) is 0 Å². The molecule has 0 heterocycles. The summed E-state index contributed by atoms with van der Waals surface area (Å²) >= 11 is 0. The second-order valence-electron chi connectivity index (χ2n) is 4.08. The van der Waals surface area contributed by atoms with Gasteiger partial charge in [0.1, 0.15) is 0 Å². The van der Waals surface area contributed by atoms with Gasteiger partial charge in [-0.15, -0.1) is 0 Å². The van der Waals surface area contributed by atoms with Crippen LogP contribution >= 0.6 is 0 Å². The summed E-state index contributed by atoms with van der Waals surface area (Å²) in [7, 11) is 6.00. The van der Waals surface area contributed by atoms with Gasteiger partial charge in [0.15, 0.2) is 0 Å². The van der Waals surface area contributed by atoms with Gasteiger partial charge >= 0.3 is 0 Å². The van der Waals surface area contributed by atoms with Crippen LogP contribution in [0, 0.1) is 5.41 Å². The first kappa shape index (κ1) is 22.2. The molecule has 0 fully saturated rings. The van der Waals surface area contributed by atoms with E-state index in [1.165, 1.54) is 0 Å². The molecule has 0 saturated carbocycles. The molecule has 0 saturated heterocycles. The lowest BCUT2D eigenvalue weighted by atomic mass is 9.93. The van der Waals surface area contributed by atoms with Crippen LogP contribution in [0.5, 0.6) is 0 Å². The maximum Gasteiger partial charge on any atom is 0.240 e. The van der Waals surface area contributed by atoms with Crippen molar-refractivity contribution in [3.05, 3.63) is 12.7 Å². The number of carbonyl (C=O) groups is 1. The first-order valence-corrected chi connectivity index (χ1v) is 5.21. The van der Waals surface area contributed by atoms with Gasteiger partial charge in [0.25, 0.3) is 0 Å². The van der Waals surface area contributed by atoms with Gasteiger partial charge in [-0.1, -0.05) is 6.58 Å². The van der Waals surface area contributed by atoms with E-state index >= 15 is 0 Å². The molecule has 0 aromatic carbocycles. The van der Waals surface area contributed by atoms with E-state index in [-0.39, 0.29) is 0 Å². The summed E-state index contributed by atoms with van der Waals surface area (Å²) < 4.78 is 0. The molecule has 0 aliphatic heterocycles. The molecular weight excluding hydrogens is 240 g/mol. The molecule has 0 aromatic rings. The molecule has 0 bridgehead atoms. The Labute approximate surface area is 108 Å². The van der Waals surface area contributed by atoms with E-state index in [4.69, 9.17) is 20.4 Å². The zero-order valence-corrected chi connectivity index (χ0v) is 11.3. The molecule has 7 nitrogen and oxygen atoms in total. The highest BCUT2D eigenvalue weighted by atomic mass is 16.3. The van der Waals surface area contributed by atoms with E-state index in [9.17, 15) is 4.79 Å². The van der Waals surface area contributed by atoms with E-state index in [0.29, 0.717) is 0 Å². The average Bonchev–Trinajstić information content (AvgIpc) is 2.33. The third kappa shape index (κ3) is 17.4. The summed E-state index contributed by atoms with van der Waals surface area (Å²) in [6.07, 6.45) is 1.06. The zero-order valence-electron chi connectivity index (χ0n) is 11.3. The fraction of sp³-hybridized carbons (Fsp3) is 0.727. The number of nitrogens with zero attached hydrogens (tertiary/aromatic N) is 1. The minimum absolute atomic E-state index is 0.406. The van der Waals surface area contributed by atoms with E-state index in [1.807, 2.05) is 26.0 Å². The van der Waals surface area contributed by atoms with Gasteiger partial charge < -0.3 is 31.1 Å². The third-order valence-corrected chi connectivity index (χ3v) is 1.54. The van der Waals surface area contributed by atoms with E-state index < -0.39 is 37.7 Å². The van der Waals surface area contributed by atoms with Crippen molar-refractivity contribution in [3.63, 3.8) is 0 Å². The van der Waals surface area contributed by atoms with Gasteiger partial charge in [-0.25, -0.2) is 0 Å². The van der Waals surface area contributed by atoms with Gasteiger partial charge in [0.05, 0.1) is 31.8 Å². The normalized spacial score (nSPS) is 9.78. The van der Waals surface area contributed by atoms with Gasteiger partial charge in [-0.2, -0.15) is 0 Å². The van der Waals surface area contributed by atoms with Crippen molar-refractivity contribution in [2.75, 3.05) is 47.6 Å². The largest absolute Gasteiger partial charge is 0.396 e. The highest BCUT2D eigenvalue weighted by molar-refractivity contribution is 5.84. The molecule has 0 atom stereocenters. The fourth-order valence-electron chi connectivity index (χ4n) is 0.300. The highest BCUT2D eigenvalue weighted by Crippen LogP contribution is 2.11. The standard InChI is InChI=1S/C5H12O4.C3H5NO.C3H9N/c6-1-5(2-7,3-8)4-9;1-2-3(4)5;1-4(2)3/h6-9H,1-4H2;2H,1H2,(H2,4,5);1-3H3. The molecule has 110 valence electrons. The Kier molecular flexibility index (Phi) is 17.4. The first-order valence-electron chi connectivity index (χ1n) is 5.21. The Morgan fingerprint density at radius 1 is 1.11 bits per heavy atom. The molecular formula is C11H26N2O5. The minimum atomic E-state index is -1.11. The molecule has 0 aliphatic rings. The maximum atomic E-state index is 9.47. The molecule has 7 heteroatoms. The Morgan fingerprint density at radius 3 is 1.28 bits per heavy atom.